The lowest BCUT2D eigenvalue weighted by Crippen LogP contribution is -2.45. The van der Waals surface area contributed by atoms with E-state index in [1.165, 1.54) is 11.1 Å². The molecule has 0 aliphatic carbocycles. The fourth-order valence-electron chi connectivity index (χ4n) is 4.05. The molecule has 134 valence electrons. The van der Waals surface area contributed by atoms with Crippen molar-refractivity contribution in [2.45, 2.75) is 50.7 Å². The second-order valence-corrected chi connectivity index (χ2v) is 7.77. The molecule has 0 radical (unpaired) electrons. The zero-order valence-electron chi connectivity index (χ0n) is 15.3. The van der Waals surface area contributed by atoms with Crippen molar-refractivity contribution < 1.29 is 9.84 Å². The van der Waals surface area contributed by atoms with Gasteiger partial charge in [-0.05, 0) is 62.9 Å². The van der Waals surface area contributed by atoms with Gasteiger partial charge in [-0.1, -0.05) is 42.5 Å². The van der Waals surface area contributed by atoms with Crippen LogP contribution in [0.15, 0.2) is 54.6 Å². The average molecular weight is 339 g/mol. The minimum atomic E-state index is -0.0783. The maximum Gasteiger partial charge on any atom is 0.115 e. The number of rotatable bonds is 6. The van der Waals surface area contributed by atoms with E-state index < -0.39 is 0 Å². The molecule has 25 heavy (non-hydrogen) atoms. The standard InChI is InChI=1S/C22H29NO2/c1-21(2)17-22(13-15-25-21,19-6-4-3-5-7-19)12-14-23-16-18-8-10-20(24)11-9-18/h3-11,23-24H,12-17H2,1-2H3/t22-/m0/s1. The topological polar surface area (TPSA) is 41.5 Å². The quantitative estimate of drug-likeness (QED) is 0.767. The SMILES string of the molecule is CC1(C)C[C@@](CCNCc2ccc(O)cc2)(c2ccccc2)CCO1. The van der Waals surface area contributed by atoms with Crippen molar-refractivity contribution in [3.05, 3.63) is 65.7 Å². The van der Waals surface area contributed by atoms with Crippen LogP contribution in [0.5, 0.6) is 5.75 Å². The summed E-state index contributed by atoms with van der Waals surface area (Å²) in [6, 6.07) is 18.3. The first kappa shape index (κ1) is 18.0. The Hall–Kier alpha value is -1.84. The number of aromatic hydroxyl groups is 1. The van der Waals surface area contributed by atoms with Gasteiger partial charge >= 0.3 is 0 Å². The molecule has 0 aromatic heterocycles. The minimum Gasteiger partial charge on any atom is -0.508 e. The van der Waals surface area contributed by atoms with Gasteiger partial charge in [0, 0.05) is 18.6 Å². The van der Waals surface area contributed by atoms with Gasteiger partial charge < -0.3 is 15.2 Å². The maximum atomic E-state index is 9.38. The summed E-state index contributed by atoms with van der Waals surface area (Å²) in [5.41, 5.74) is 2.72. The summed E-state index contributed by atoms with van der Waals surface area (Å²) < 4.78 is 5.98. The van der Waals surface area contributed by atoms with Crippen LogP contribution in [-0.4, -0.2) is 23.9 Å². The van der Waals surface area contributed by atoms with E-state index >= 15 is 0 Å². The molecule has 2 aromatic carbocycles. The summed E-state index contributed by atoms with van der Waals surface area (Å²) in [7, 11) is 0. The first-order chi connectivity index (χ1) is 12.0. The van der Waals surface area contributed by atoms with Gasteiger partial charge in [0.05, 0.1) is 5.60 Å². The van der Waals surface area contributed by atoms with E-state index in [9.17, 15) is 5.11 Å². The highest BCUT2D eigenvalue weighted by molar-refractivity contribution is 5.27. The molecule has 1 aliphatic heterocycles. The molecule has 0 amide bonds. The van der Waals surface area contributed by atoms with Gasteiger partial charge in [0.15, 0.2) is 0 Å². The van der Waals surface area contributed by atoms with Crippen molar-refractivity contribution in [2.24, 2.45) is 0 Å². The lowest BCUT2D eigenvalue weighted by molar-refractivity contribution is -0.0840. The third kappa shape index (κ3) is 4.62. The van der Waals surface area contributed by atoms with E-state index in [1.807, 2.05) is 12.1 Å². The molecule has 0 unspecified atom stereocenters. The largest absolute Gasteiger partial charge is 0.508 e. The Bertz CT molecular complexity index is 666. The zero-order chi connectivity index (χ0) is 17.8. The summed E-state index contributed by atoms with van der Waals surface area (Å²) in [4.78, 5) is 0. The number of phenolic OH excluding ortho intramolecular Hbond substituents is 1. The normalized spacial score (nSPS) is 22.6. The van der Waals surface area contributed by atoms with Crippen molar-refractivity contribution in [1.29, 1.82) is 0 Å². The van der Waals surface area contributed by atoms with E-state index in [0.29, 0.717) is 5.75 Å². The Morgan fingerprint density at radius 2 is 1.76 bits per heavy atom. The smallest absolute Gasteiger partial charge is 0.115 e. The summed E-state index contributed by atoms with van der Waals surface area (Å²) in [6.45, 7) is 7.01. The Morgan fingerprint density at radius 3 is 2.44 bits per heavy atom. The molecule has 1 saturated heterocycles. The third-order valence-electron chi connectivity index (χ3n) is 5.27. The molecule has 2 aromatic rings. The van der Waals surface area contributed by atoms with Crippen LogP contribution in [0, 0.1) is 0 Å². The molecule has 2 N–H and O–H groups in total. The molecule has 0 spiro atoms. The zero-order valence-corrected chi connectivity index (χ0v) is 15.3. The molecule has 0 saturated carbocycles. The monoisotopic (exact) mass is 339 g/mol. The summed E-state index contributed by atoms with van der Waals surface area (Å²) in [5.74, 6) is 0.316. The molecule has 0 bridgehead atoms. The van der Waals surface area contributed by atoms with Crippen molar-refractivity contribution >= 4 is 0 Å². The van der Waals surface area contributed by atoms with Gasteiger partial charge in [0.25, 0.3) is 0 Å². The van der Waals surface area contributed by atoms with Gasteiger partial charge in [0.2, 0.25) is 0 Å². The first-order valence-corrected chi connectivity index (χ1v) is 9.17. The van der Waals surface area contributed by atoms with Crippen LogP contribution in [0.1, 0.15) is 44.2 Å². The summed E-state index contributed by atoms with van der Waals surface area (Å²) in [5, 5.41) is 12.9. The number of phenols is 1. The molecule has 3 rings (SSSR count). The molecule has 3 nitrogen and oxygen atoms in total. The lowest BCUT2D eigenvalue weighted by atomic mass is 9.67. The van der Waals surface area contributed by atoms with Crippen LogP contribution in [0.2, 0.25) is 0 Å². The molecule has 1 atom stereocenters. The van der Waals surface area contributed by atoms with Crippen LogP contribution in [-0.2, 0) is 16.7 Å². The number of benzene rings is 2. The van der Waals surface area contributed by atoms with Crippen molar-refractivity contribution in [1.82, 2.24) is 5.32 Å². The Labute approximate surface area is 151 Å². The lowest BCUT2D eigenvalue weighted by Gasteiger charge is -2.45. The van der Waals surface area contributed by atoms with Crippen molar-refractivity contribution in [3.8, 4) is 5.75 Å². The fraction of sp³-hybridized carbons (Fsp3) is 0.455. The second-order valence-electron chi connectivity index (χ2n) is 7.77. The molecule has 3 heteroatoms. The highest BCUT2D eigenvalue weighted by Crippen LogP contribution is 2.43. The van der Waals surface area contributed by atoms with Crippen LogP contribution in [0.25, 0.3) is 0 Å². The highest BCUT2D eigenvalue weighted by atomic mass is 16.5. The minimum absolute atomic E-state index is 0.0783. The van der Waals surface area contributed by atoms with E-state index in [4.69, 9.17) is 4.74 Å². The summed E-state index contributed by atoms with van der Waals surface area (Å²) in [6.07, 6.45) is 3.22. The first-order valence-electron chi connectivity index (χ1n) is 9.17. The molecule has 1 aliphatic rings. The van der Waals surface area contributed by atoms with Gasteiger partial charge in [0.1, 0.15) is 5.75 Å². The number of nitrogens with one attached hydrogen (secondary N) is 1. The van der Waals surface area contributed by atoms with Crippen LogP contribution < -0.4 is 5.32 Å². The Morgan fingerprint density at radius 1 is 1.04 bits per heavy atom. The van der Waals surface area contributed by atoms with Crippen LogP contribution in [0.4, 0.5) is 0 Å². The number of ether oxygens (including phenoxy) is 1. The molecule has 1 fully saturated rings. The Kier molecular flexibility index (Phi) is 5.45. The van der Waals surface area contributed by atoms with Crippen molar-refractivity contribution in [3.63, 3.8) is 0 Å². The molecular formula is C22H29NO2. The number of hydrogen-bond acceptors (Lipinski definition) is 3. The van der Waals surface area contributed by atoms with E-state index in [0.717, 1.165) is 39.0 Å². The predicted molar refractivity (Wildman–Crippen MR) is 102 cm³/mol. The van der Waals surface area contributed by atoms with E-state index in [-0.39, 0.29) is 11.0 Å². The van der Waals surface area contributed by atoms with E-state index in [1.54, 1.807) is 12.1 Å². The van der Waals surface area contributed by atoms with Crippen LogP contribution in [0.3, 0.4) is 0 Å². The summed E-state index contributed by atoms with van der Waals surface area (Å²) >= 11 is 0. The maximum absolute atomic E-state index is 9.38. The van der Waals surface area contributed by atoms with Gasteiger partial charge in [-0.2, -0.15) is 0 Å². The molecular weight excluding hydrogens is 310 g/mol. The van der Waals surface area contributed by atoms with E-state index in [2.05, 4.69) is 49.5 Å². The average Bonchev–Trinajstić information content (AvgIpc) is 2.60. The van der Waals surface area contributed by atoms with Gasteiger partial charge in [-0.25, -0.2) is 0 Å². The molecule has 1 heterocycles. The Balaban J connectivity index is 1.65. The second kappa shape index (κ2) is 7.59. The van der Waals surface area contributed by atoms with Crippen LogP contribution >= 0.6 is 0 Å². The third-order valence-corrected chi connectivity index (χ3v) is 5.27. The van der Waals surface area contributed by atoms with Gasteiger partial charge in [-0.15, -0.1) is 0 Å². The number of hydrogen-bond donors (Lipinski definition) is 2. The predicted octanol–water partition coefficient (Wildman–Crippen LogP) is 4.40. The van der Waals surface area contributed by atoms with Crippen molar-refractivity contribution in [2.75, 3.05) is 13.2 Å². The fourth-order valence-corrected chi connectivity index (χ4v) is 4.05. The highest BCUT2D eigenvalue weighted by Gasteiger charge is 2.41. The van der Waals surface area contributed by atoms with Gasteiger partial charge in [-0.3, -0.25) is 0 Å².